The largest absolute Gasteiger partial charge is 0.493 e. The summed E-state index contributed by atoms with van der Waals surface area (Å²) in [4.78, 5) is 4.00. The Morgan fingerprint density at radius 3 is 3.33 bits per heavy atom. The highest BCUT2D eigenvalue weighted by molar-refractivity contribution is 5.39. The maximum atomic E-state index is 5.62. The molecule has 1 aliphatic heterocycles. The second-order valence-electron chi connectivity index (χ2n) is 3.56. The molecule has 0 saturated carbocycles. The van der Waals surface area contributed by atoms with Crippen LogP contribution in [0.1, 0.15) is 6.42 Å². The van der Waals surface area contributed by atoms with E-state index in [1.807, 2.05) is 6.07 Å². The Hall–Kier alpha value is -1.33. The number of anilines is 1. The Bertz CT molecular complexity index is 313. The zero-order valence-corrected chi connectivity index (χ0v) is 8.48. The average Bonchev–Trinajstić information content (AvgIpc) is 2.79. The van der Waals surface area contributed by atoms with Crippen molar-refractivity contribution in [2.24, 2.45) is 11.8 Å². The normalized spacial score (nSPS) is 20.2. The summed E-state index contributed by atoms with van der Waals surface area (Å²) >= 11 is 0. The minimum Gasteiger partial charge on any atom is -0.493 e. The Kier molecular flexibility index (Phi) is 3.37. The molecule has 5 heteroatoms. The summed E-state index contributed by atoms with van der Waals surface area (Å²) in [6, 6.07) is 3.59. The highest BCUT2D eigenvalue weighted by Crippen LogP contribution is 2.17. The van der Waals surface area contributed by atoms with Gasteiger partial charge in [-0.2, -0.15) is 0 Å². The smallest absolute Gasteiger partial charge is 0.143 e. The van der Waals surface area contributed by atoms with Crippen molar-refractivity contribution < 1.29 is 9.47 Å². The number of nitrogen functional groups attached to an aromatic ring is 1. The summed E-state index contributed by atoms with van der Waals surface area (Å²) in [6.45, 7) is 2.33. The van der Waals surface area contributed by atoms with Crippen molar-refractivity contribution in [2.75, 3.05) is 25.2 Å². The van der Waals surface area contributed by atoms with Gasteiger partial charge in [0.1, 0.15) is 11.6 Å². The fourth-order valence-electron chi connectivity index (χ4n) is 1.51. The van der Waals surface area contributed by atoms with Crippen LogP contribution in [0.4, 0.5) is 5.82 Å². The van der Waals surface area contributed by atoms with Crippen molar-refractivity contribution in [3.8, 4) is 5.75 Å². The first-order chi connectivity index (χ1) is 7.38. The molecule has 2 heterocycles. The number of hydrogen-bond donors (Lipinski definition) is 2. The van der Waals surface area contributed by atoms with Crippen LogP contribution in [0.2, 0.25) is 0 Å². The third kappa shape index (κ3) is 2.81. The maximum absolute atomic E-state index is 5.62. The van der Waals surface area contributed by atoms with Gasteiger partial charge in [-0.1, -0.05) is 0 Å². The molecule has 1 aromatic rings. The molecule has 0 aromatic carbocycles. The first-order valence-corrected chi connectivity index (χ1v) is 5.01. The monoisotopic (exact) mass is 209 g/mol. The fourth-order valence-corrected chi connectivity index (χ4v) is 1.51. The van der Waals surface area contributed by atoms with Crippen LogP contribution in [-0.4, -0.2) is 24.8 Å². The van der Waals surface area contributed by atoms with Crippen LogP contribution in [0.3, 0.4) is 0 Å². The predicted molar refractivity (Wildman–Crippen MR) is 56.5 cm³/mol. The van der Waals surface area contributed by atoms with Crippen LogP contribution in [-0.2, 0) is 4.74 Å². The van der Waals surface area contributed by atoms with E-state index in [0.29, 0.717) is 18.3 Å². The van der Waals surface area contributed by atoms with E-state index in [2.05, 4.69) is 10.4 Å². The van der Waals surface area contributed by atoms with Gasteiger partial charge in [0.05, 0.1) is 13.2 Å². The molecule has 0 radical (unpaired) electrons. The first-order valence-electron chi connectivity index (χ1n) is 5.01. The molecule has 0 aliphatic carbocycles. The Morgan fingerprint density at radius 2 is 2.60 bits per heavy atom. The van der Waals surface area contributed by atoms with Gasteiger partial charge in [0.15, 0.2) is 0 Å². The molecule has 3 N–H and O–H groups in total. The molecule has 1 fully saturated rings. The SMILES string of the molecule is NNc1cc(OCC2CCOC2)ccn1. The molecular formula is C10H15N3O2. The summed E-state index contributed by atoms with van der Waals surface area (Å²) in [5, 5.41) is 0. The number of hydrogen-bond acceptors (Lipinski definition) is 5. The standard InChI is InChI=1S/C10H15N3O2/c11-13-10-5-9(1-3-12-10)15-7-8-2-4-14-6-8/h1,3,5,8H,2,4,6-7,11H2,(H,12,13). The lowest BCUT2D eigenvalue weighted by Gasteiger charge is -2.10. The second kappa shape index (κ2) is 4.95. The number of nitrogens with one attached hydrogen (secondary N) is 1. The summed E-state index contributed by atoms with van der Waals surface area (Å²) in [5.74, 6) is 7.14. The van der Waals surface area contributed by atoms with E-state index in [1.165, 1.54) is 0 Å². The molecular weight excluding hydrogens is 194 g/mol. The van der Waals surface area contributed by atoms with Crippen LogP contribution in [0.15, 0.2) is 18.3 Å². The van der Waals surface area contributed by atoms with E-state index in [9.17, 15) is 0 Å². The lowest BCUT2D eigenvalue weighted by molar-refractivity contribution is 0.167. The second-order valence-corrected chi connectivity index (χ2v) is 3.56. The number of ether oxygens (including phenoxy) is 2. The third-order valence-corrected chi connectivity index (χ3v) is 2.39. The maximum Gasteiger partial charge on any atom is 0.143 e. The molecule has 0 amide bonds. The number of hydrazine groups is 1. The van der Waals surface area contributed by atoms with E-state index in [-0.39, 0.29) is 0 Å². The molecule has 1 atom stereocenters. The zero-order chi connectivity index (χ0) is 10.5. The molecule has 82 valence electrons. The number of nitrogens with zero attached hydrogens (tertiary/aromatic N) is 1. The van der Waals surface area contributed by atoms with Crippen LogP contribution < -0.4 is 16.0 Å². The fraction of sp³-hybridized carbons (Fsp3) is 0.500. The Morgan fingerprint density at radius 1 is 1.67 bits per heavy atom. The van der Waals surface area contributed by atoms with Crippen molar-refractivity contribution in [1.82, 2.24) is 4.98 Å². The van der Waals surface area contributed by atoms with Crippen molar-refractivity contribution >= 4 is 5.82 Å². The van der Waals surface area contributed by atoms with E-state index in [1.54, 1.807) is 12.3 Å². The molecule has 1 saturated heterocycles. The Balaban J connectivity index is 1.86. The molecule has 1 aromatic heterocycles. The van der Waals surface area contributed by atoms with Gasteiger partial charge in [-0.15, -0.1) is 0 Å². The molecule has 0 bridgehead atoms. The minimum atomic E-state index is 0.507. The van der Waals surface area contributed by atoms with Gasteiger partial charge in [0.2, 0.25) is 0 Å². The van der Waals surface area contributed by atoms with E-state index in [4.69, 9.17) is 15.3 Å². The molecule has 15 heavy (non-hydrogen) atoms. The van der Waals surface area contributed by atoms with Crippen LogP contribution >= 0.6 is 0 Å². The lowest BCUT2D eigenvalue weighted by Crippen LogP contribution is -2.12. The average molecular weight is 209 g/mol. The topological polar surface area (TPSA) is 69.4 Å². The van der Waals surface area contributed by atoms with Crippen molar-refractivity contribution in [3.05, 3.63) is 18.3 Å². The zero-order valence-electron chi connectivity index (χ0n) is 8.48. The summed E-state index contributed by atoms with van der Waals surface area (Å²) in [6.07, 6.45) is 2.74. The van der Waals surface area contributed by atoms with Gasteiger partial charge in [-0.3, -0.25) is 0 Å². The number of rotatable bonds is 4. The lowest BCUT2D eigenvalue weighted by atomic mass is 10.1. The van der Waals surface area contributed by atoms with Gasteiger partial charge in [-0.25, -0.2) is 10.8 Å². The highest BCUT2D eigenvalue weighted by Gasteiger charge is 2.16. The van der Waals surface area contributed by atoms with Gasteiger partial charge < -0.3 is 14.9 Å². The highest BCUT2D eigenvalue weighted by atomic mass is 16.5. The van der Waals surface area contributed by atoms with Gasteiger partial charge in [0, 0.05) is 24.8 Å². The Labute approximate surface area is 88.6 Å². The van der Waals surface area contributed by atoms with Crippen LogP contribution in [0.5, 0.6) is 5.75 Å². The van der Waals surface area contributed by atoms with Crippen molar-refractivity contribution in [1.29, 1.82) is 0 Å². The van der Waals surface area contributed by atoms with Crippen molar-refractivity contribution in [3.63, 3.8) is 0 Å². The molecule has 1 unspecified atom stereocenters. The number of aromatic nitrogens is 1. The third-order valence-electron chi connectivity index (χ3n) is 2.39. The summed E-state index contributed by atoms with van der Waals surface area (Å²) in [5.41, 5.74) is 2.48. The van der Waals surface area contributed by atoms with E-state index < -0.39 is 0 Å². The van der Waals surface area contributed by atoms with Gasteiger partial charge in [-0.05, 0) is 12.5 Å². The molecule has 1 aliphatic rings. The van der Waals surface area contributed by atoms with E-state index in [0.717, 1.165) is 25.4 Å². The molecule has 0 spiro atoms. The van der Waals surface area contributed by atoms with Gasteiger partial charge in [0.25, 0.3) is 0 Å². The van der Waals surface area contributed by atoms with E-state index >= 15 is 0 Å². The number of nitrogens with two attached hydrogens (primary N) is 1. The van der Waals surface area contributed by atoms with Crippen LogP contribution in [0, 0.1) is 5.92 Å². The molecule has 2 rings (SSSR count). The van der Waals surface area contributed by atoms with Gasteiger partial charge >= 0.3 is 0 Å². The van der Waals surface area contributed by atoms with Crippen molar-refractivity contribution in [2.45, 2.75) is 6.42 Å². The first kappa shape index (κ1) is 10.2. The summed E-state index contributed by atoms with van der Waals surface area (Å²) < 4.78 is 10.9. The summed E-state index contributed by atoms with van der Waals surface area (Å²) in [7, 11) is 0. The number of pyridine rings is 1. The minimum absolute atomic E-state index is 0.507. The van der Waals surface area contributed by atoms with Crippen LogP contribution in [0.25, 0.3) is 0 Å². The molecule has 5 nitrogen and oxygen atoms in total. The quantitative estimate of drug-likeness (QED) is 0.566. The predicted octanol–water partition coefficient (Wildman–Crippen LogP) is 0.782.